The summed E-state index contributed by atoms with van der Waals surface area (Å²) in [6.07, 6.45) is 4.29. The molecule has 1 saturated heterocycles. The molecule has 3 rings (SSSR count). The zero-order chi connectivity index (χ0) is 13.1. The molecule has 0 spiro atoms. The van der Waals surface area contributed by atoms with E-state index >= 15 is 0 Å². The van der Waals surface area contributed by atoms with E-state index in [1.165, 1.54) is 30.5 Å². The van der Waals surface area contributed by atoms with E-state index in [2.05, 4.69) is 41.4 Å². The van der Waals surface area contributed by atoms with Crippen LogP contribution in [0.25, 0.3) is 0 Å². The van der Waals surface area contributed by atoms with Gasteiger partial charge in [-0.05, 0) is 43.5 Å². The number of fused-ring (bicyclic) bond motifs is 1. The van der Waals surface area contributed by atoms with Gasteiger partial charge < -0.3 is 15.0 Å². The smallest absolute Gasteiger partial charge is 0.0779 e. The van der Waals surface area contributed by atoms with Crippen molar-refractivity contribution in [3.63, 3.8) is 0 Å². The van der Waals surface area contributed by atoms with E-state index in [4.69, 9.17) is 4.74 Å². The lowest BCUT2D eigenvalue weighted by atomic mass is 10.1. The Morgan fingerprint density at radius 1 is 1.26 bits per heavy atom. The molecule has 0 bridgehead atoms. The first kappa shape index (κ1) is 12.9. The number of anilines is 1. The average Bonchev–Trinajstić information content (AvgIpc) is 2.94. The van der Waals surface area contributed by atoms with Crippen molar-refractivity contribution in [3.05, 3.63) is 29.8 Å². The number of hydrogen-bond acceptors (Lipinski definition) is 3. The van der Waals surface area contributed by atoms with Gasteiger partial charge >= 0.3 is 0 Å². The lowest BCUT2D eigenvalue weighted by Gasteiger charge is -2.39. The highest BCUT2D eigenvalue weighted by molar-refractivity contribution is 5.49. The number of nitrogens with zero attached hydrogens (tertiary/aromatic N) is 1. The standard InChI is InChI=1S/C16H24N2O/c1-2-17-12-13-6-8-14(9-7-13)18-10-11-19-16-5-3-4-15(16)18/h6-9,15-17H,2-5,10-12H2,1H3. The van der Waals surface area contributed by atoms with E-state index in [0.29, 0.717) is 12.1 Å². The molecule has 1 saturated carbocycles. The molecular formula is C16H24N2O. The van der Waals surface area contributed by atoms with Gasteiger partial charge in [0.1, 0.15) is 0 Å². The molecule has 1 aliphatic carbocycles. The Kier molecular flexibility index (Phi) is 4.04. The zero-order valence-corrected chi connectivity index (χ0v) is 11.8. The fourth-order valence-corrected chi connectivity index (χ4v) is 3.32. The Morgan fingerprint density at radius 2 is 2.11 bits per heavy atom. The van der Waals surface area contributed by atoms with Gasteiger partial charge in [0.25, 0.3) is 0 Å². The number of morpholine rings is 1. The molecule has 0 amide bonds. The highest BCUT2D eigenvalue weighted by Gasteiger charge is 2.35. The van der Waals surface area contributed by atoms with E-state index in [-0.39, 0.29) is 0 Å². The van der Waals surface area contributed by atoms with Crippen LogP contribution in [0.15, 0.2) is 24.3 Å². The van der Waals surface area contributed by atoms with Crippen LogP contribution in [0.5, 0.6) is 0 Å². The summed E-state index contributed by atoms with van der Waals surface area (Å²) >= 11 is 0. The van der Waals surface area contributed by atoms with Gasteiger partial charge in [0.2, 0.25) is 0 Å². The topological polar surface area (TPSA) is 24.5 Å². The second-order valence-corrected chi connectivity index (χ2v) is 5.55. The van der Waals surface area contributed by atoms with Crippen LogP contribution in [-0.2, 0) is 11.3 Å². The summed E-state index contributed by atoms with van der Waals surface area (Å²) in [7, 11) is 0. The summed E-state index contributed by atoms with van der Waals surface area (Å²) in [5, 5.41) is 3.37. The Balaban J connectivity index is 1.70. The minimum atomic E-state index is 0.468. The normalized spacial score (nSPS) is 26.5. The highest BCUT2D eigenvalue weighted by atomic mass is 16.5. The third-order valence-corrected chi connectivity index (χ3v) is 4.33. The van der Waals surface area contributed by atoms with Crippen LogP contribution in [0.1, 0.15) is 31.7 Å². The maximum atomic E-state index is 5.88. The Hall–Kier alpha value is -1.06. The van der Waals surface area contributed by atoms with Gasteiger partial charge in [-0.15, -0.1) is 0 Å². The maximum absolute atomic E-state index is 5.88. The maximum Gasteiger partial charge on any atom is 0.0779 e. The van der Waals surface area contributed by atoms with Crippen LogP contribution in [0, 0.1) is 0 Å². The van der Waals surface area contributed by atoms with Crippen LogP contribution >= 0.6 is 0 Å². The molecule has 1 aromatic carbocycles. The average molecular weight is 260 g/mol. The van der Waals surface area contributed by atoms with Crippen LogP contribution in [-0.4, -0.2) is 31.8 Å². The fourth-order valence-electron chi connectivity index (χ4n) is 3.32. The SMILES string of the molecule is CCNCc1ccc(N2CCOC3CCCC32)cc1. The molecule has 0 radical (unpaired) electrons. The molecule has 3 heteroatoms. The van der Waals surface area contributed by atoms with E-state index < -0.39 is 0 Å². The van der Waals surface area contributed by atoms with Gasteiger partial charge in [-0.3, -0.25) is 0 Å². The highest BCUT2D eigenvalue weighted by Crippen LogP contribution is 2.33. The Labute approximate surface area is 115 Å². The van der Waals surface area contributed by atoms with Crippen LogP contribution in [0.4, 0.5) is 5.69 Å². The first-order valence-corrected chi connectivity index (χ1v) is 7.56. The molecule has 1 N–H and O–H groups in total. The van der Waals surface area contributed by atoms with E-state index in [1.54, 1.807) is 0 Å². The third-order valence-electron chi connectivity index (χ3n) is 4.33. The van der Waals surface area contributed by atoms with Gasteiger partial charge in [-0.1, -0.05) is 19.1 Å². The van der Waals surface area contributed by atoms with Crippen molar-refractivity contribution in [2.24, 2.45) is 0 Å². The third kappa shape index (κ3) is 2.77. The minimum Gasteiger partial charge on any atom is -0.374 e. The summed E-state index contributed by atoms with van der Waals surface area (Å²) in [6, 6.07) is 9.64. The second kappa shape index (κ2) is 5.93. The van der Waals surface area contributed by atoms with Gasteiger partial charge in [0.15, 0.2) is 0 Å². The molecule has 3 nitrogen and oxygen atoms in total. The summed E-state index contributed by atoms with van der Waals surface area (Å²) < 4.78 is 5.88. The largest absolute Gasteiger partial charge is 0.374 e. The predicted octanol–water partition coefficient (Wildman–Crippen LogP) is 2.55. The van der Waals surface area contributed by atoms with Crippen molar-refractivity contribution in [3.8, 4) is 0 Å². The van der Waals surface area contributed by atoms with Crippen molar-refractivity contribution >= 4 is 5.69 Å². The van der Waals surface area contributed by atoms with Gasteiger partial charge in [0.05, 0.1) is 18.8 Å². The molecule has 2 aliphatic rings. The first-order chi connectivity index (χ1) is 9.38. The molecule has 2 fully saturated rings. The number of ether oxygens (including phenoxy) is 1. The summed E-state index contributed by atoms with van der Waals surface area (Å²) in [5.41, 5.74) is 2.72. The molecule has 2 atom stereocenters. The van der Waals surface area contributed by atoms with Crippen LogP contribution in [0.3, 0.4) is 0 Å². The summed E-state index contributed by atoms with van der Waals surface area (Å²) in [5.74, 6) is 0. The molecule has 0 aromatic heterocycles. The zero-order valence-electron chi connectivity index (χ0n) is 11.8. The van der Waals surface area contributed by atoms with Gasteiger partial charge in [-0.25, -0.2) is 0 Å². The second-order valence-electron chi connectivity index (χ2n) is 5.55. The quantitative estimate of drug-likeness (QED) is 0.900. The Morgan fingerprint density at radius 3 is 2.89 bits per heavy atom. The van der Waals surface area contributed by atoms with Crippen molar-refractivity contribution in [1.82, 2.24) is 5.32 Å². The van der Waals surface area contributed by atoms with Crippen LogP contribution < -0.4 is 10.2 Å². The Bertz CT molecular complexity index is 404. The summed E-state index contributed by atoms with van der Waals surface area (Å²) in [6.45, 7) is 6.04. The fraction of sp³-hybridized carbons (Fsp3) is 0.625. The van der Waals surface area contributed by atoms with E-state index in [0.717, 1.165) is 26.2 Å². The summed E-state index contributed by atoms with van der Waals surface area (Å²) in [4.78, 5) is 2.55. The first-order valence-electron chi connectivity index (χ1n) is 7.56. The van der Waals surface area contributed by atoms with Crippen LogP contribution in [0.2, 0.25) is 0 Å². The number of nitrogens with one attached hydrogen (secondary N) is 1. The molecule has 104 valence electrons. The molecule has 2 unspecified atom stereocenters. The molecule has 1 aromatic rings. The van der Waals surface area contributed by atoms with Crippen molar-refractivity contribution in [2.75, 3.05) is 24.6 Å². The lowest BCUT2D eigenvalue weighted by molar-refractivity contribution is 0.0256. The molecule has 1 heterocycles. The van der Waals surface area contributed by atoms with E-state index in [1.807, 2.05) is 0 Å². The molecule has 1 aliphatic heterocycles. The van der Waals surface area contributed by atoms with Crippen molar-refractivity contribution in [1.29, 1.82) is 0 Å². The number of hydrogen-bond donors (Lipinski definition) is 1. The number of benzene rings is 1. The molecule has 19 heavy (non-hydrogen) atoms. The van der Waals surface area contributed by atoms with Gasteiger partial charge in [-0.2, -0.15) is 0 Å². The van der Waals surface area contributed by atoms with Gasteiger partial charge in [0, 0.05) is 18.8 Å². The molecular weight excluding hydrogens is 236 g/mol. The lowest BCUT2D eigenvalue weighted by Crippen LogP contribution is -2.48. The predicted molar refractivity (Wildman–Crippen MR) is 78.5 cm³/mol. The van der Waals surface area contributed by atoms with Crippen molar-refractivity contribution in [2.45, 2.75) is 44.9 Å². The number of rotatable bonds is 4. The monoisotopic (exact) mass is 260 g/mol. The minimum absolute atomic E-state index is 0.468. The van der Waals surface area contributed by atoms with Crippen molar-refractivity contribution < 1.29 is 4.74 Å². The van der Waals surface area contributed by atoms with E-state index in [9.17, 15) is 0 Å².